The van der Waals surface area contributed by atoms with E-state index in [1.54, 1.807) is 0 Å². The molecular formula is C24H18IO4-. The number of hydrogen-bond donors (Lipinski definition) is 1. The van der Waals surface area contributed by atoms with Crippen LogP contribution in [0, 0.1) is 11.8 Å². The Kier molecular flexibility index (Phi) is 4.59. The monoisotopic (exact) mass is 497 g/mol. The topological polar surface area (TPSA) is 55.8 Å². The van der Waals surface area contributed by atoms with Gasteiger partial charge in [0.25, 0.3) is 0 Å². The van der Waals surface area contributed by atoms with E-state index in [0.717, 1.165) is 38.7 Å². The summed E-state index contributed by atoms with van der Waals surface area (Å²) < 4.78 is 12.1. The SMILES string of the molecule is COC(=O)c1cc(O)c2cc3c(cc2c1-c1ccc(C2C#CC[I-]2)cc1)CCO3. The summed E-state index contributed by atoms with van der Waals surface area (Å²) in [7, 11) is 1.36. The van der Waals surface area contributed by atoms with Crippen LogP contribution in [0.25, 0.3) is 21.9 Å². The number of carbonyl (C=O) groups excluding carboxylic acids is 1. The third-order valence-electron chi connectivity index (χ3n) is 5.35. The van der Waals surface area contributed by atoms with Crippen LogP contribution in [-0.4, -0.2) is 29.2 Å². The van der Waals surface area contributed by atoms with Crippen molar-refractivity contribution in [2.75, 3.05) is 18.1 Å². The van der Waals surface area contributed by atoms with Gasteiger partial charge in [0.15, 0.2) is 0 Å². The molecule has 1 atom stereocenters. The third-order valence-corrected chi connectivity index (χ3v) is 8.08. The van der Waals surface area contributed by atoms with Gasteiger partial charge in [0.1, 0.15) is 0 Å². The quantitative estimate of drug-likeness (QED) is 0.255. The summed E-state index contributed by atoms with van der Waals surface area (Å²) in [5.74, 6) is 6.89. The number of aromatic hydroxyl groups is 1. The Morgan fingerprint density at radius 1 is 1.21 bits per heavy atom. The van der Waals surface area contributed by atoms with Crippen LogP contribution in [0.4, 0.5) is 0 Å². The van der Waals surface area contributed by atoms with Crippen LogP contribution in [-0.2, 0) is 11.2 Å². The molecule has 0 saturated carbocycles. The molecule has 0 fully saturated rings. The average Bonchev–Trinajstić information content (AvgIpc) is 3.44. The molecule has 146 valence electrons. The van der Waals surface area contributed by atoms with Gasteiger partial charge in [-0.05, 0) is 0 Å². The van der Waals surface area contributed by atoms with E-state index in [2.05, 4.69) is 24.0 Å². The van der Waals surface area contributed by atoms with Crippen LogP contribution in [0.1, 0.15) is 25.4 Å². The molecule has 0 radical (unpaired) electrons. The minimum atomic E-state index is -0.467. The standard InChI is InChI=1S/C24H18IO4/c1-28-24(27)19-12-21(26)17-13-22-16(8-10-29-22)11-18(17)23(19)15-6-4-14(5-7-15)20-3-2-9-25-20/h4-7,11-13,20,26H,8-10H2,1H3/q-1. The predicted octanol–water partition coefficient (Wildman–Crippen LogP) is 1.08. The number of ether oxygens (including phenoxy) is 2. The van der Waals surface area contributed by atoms with E-state index in [1.807, 2.05) is 24.3 Å². The molecule has 0 aromatic heterocycles. The van der Waals surface area contributed by atoms with E-state index in [0.29, 0.717) is 21.5 Å². The second-order valence-electron chi connectivity index (χ2n) is 7.01. The molecule has 0 spiro atoms. The van der Waals surface area contributed by atoms with E-state index in [4.69, 9.17) is 9.47 Å². The van der Waals surface area contributed by atoms with Crippen LogP contribution in [0.2, 0.25) is 0 Å². The van der Waals surface area contributed by atoms with Crippen LogP contribution >= 0.6 is 0 Å². The van der Waals surface area contributed by atoms with Crippen LogP contribution < -0.4 is 25.9 Å². The Balaban J connectivity index is 1.73. The Bertz CT molecular complexity index is 1200. The molecule has 4 nitrogen and oxygen atoms in total. The second-order valence-corrected chi connectivity index (χ2v) is 9.90. The summed E-state index contributed by atoms with van der Waals surface area (Å²) >= 11 is 0.0326. The molecule has 1 unspecified atom stereocenters. The van der Waals surface area contributed by atoms with Crippen molar-refractivity contribution in [3.8, 4) is 34.5 Å². The summed E-state index contributed by atoms with van der Waals surface area (Å²) in [5, 5.41) is 12.1. The summed E-state index contributed by atoms with van der Waals surface area (Å²) in [4.78, 5) is 12.5. The summed E-state index contributed by atoms with van der Waals surface area (Å²) in [6.07, 6.45) is 0.816. The number of phenols is 1. The molecule has 3 aromatic carbocycles. The summed E-state index contributed by atoms with van der Waals surface area (Å²) in [6, 6.07) is 13.7. The molecule has 29 heavy (non-hydrogen) atoms. The zero-order chi connectivity index (χ0) is 20.0. The third kappa shape index (κ3) is 3.12. The Morgan fingerprint density at radius 3 is 2.76 bits per heavy atom. The molecule has 0 bridgehead atoms. The first kappa shape index (κ1) is 18.3. The number of hydrogen-bond acceptors (Lipinski definition) is 4. The number of fused-ring (bicyclic) bond motifs is 2. The van der Waals surface area contributed by atoms with E-state index < -0.39 is 5.97 Å². The maximum atomic E-state index is 12.5. The number of carbonyl (C=O) groups is 1. The van der Waals surface area contributed by atoms with E-state index >= 15 is 0 Å². The van der Waals surface area contributed by atoms with Gasteiger partial charge in [0.2, 0.25) is 0 Å². The zero-order valence-corrected chi connectivity index (χ0v) is 17.9. The van der Waals surface area contributed by atoms with Crippen LogP contribution in [0.5, 0.6) is 11.5 Å². The second kappa shape index (κ2) is 7.27. The number of methoxy groups -OCH3 is 1. The van der Waals surface area contributed by atoms with Crippen molar-refractivity contribution in [3.05, 3.63) is 59.2 Å². The minimum absolute atomic E-state index is 0.0326. The van der Waals surface area contributed by atoms with Gasteiger partial charge in [-0.15, -0.1) is 0 Å². The fourth-order valence-corrected chi connectivity index (χ4v) is 6.18. The van der Waals surface area contributed by atoms with Crippen molar-refractivity contribution in [2.45, 2.75) is 10.3 Å². The molecule has 0 saturated heterocycles. The number of esters is 1. The molecule has 0 aliphatic carbocycles. The number of rotatable bonds is 3. The fourth-order valence-electron chi connectivity index (χ4n) is 3.93. The van der Waals surface area contributed by atoms with Crippen molar-refractivity contribution < 1.29 is 40.6 Å². The van der Waals surface area contributed by atoms with Crippen molar-refractivity contribution in [3.63, 3.8) is 0 Å². The first-order chi connectivity index (χ1) is 14.2. The van der Waals surface area contributed by atoms with Gasteiger partial charge in [-0.25, -0.2) is 0 Å². The van der Waals surface area contributed by atoms with Gasteiger partial charge in [0, 0.05) is 0 Å². The van der Waals surface area contributed by atoms with Gasteiger partial charge in [-0.3, -0.25) is 0 Å². The Labute approximate surface area is 179 Å². The summed E-state index contributed by atoms with van der Waals surface area (Å²) in [6.45, 7) is 0.631. The van der Waals surface area contributed by atoms with Gasteiger partial charge in [-0.1, -0.05) is 0 Å². The Morgan fingerprint density at radius 2 is 2.03 bits per heavy atom. The number of alkyl halides is 2. The van der Waals surface area contributed by atoms with Crippen molar-refractivity contribution >= 4 is 16.7 Å². The molecule has 2 aliphatic rings. The van der Waals surface area contributed by atoms with E-state index in [9.17, 15) is 9.90 Å². The molecule has 5 rings (SSSR count). The van der Waals surface area contributed by atoms with Gasteiger partial charge in [-0.2, -0.15) is 0 Å². The average molecular weight is 497 g/mol. The van der Waals surface area contributed by atoms with Crippen molar-refractivity contribution in [1.29, 1.82) is 0 Å². The van der Waals surface area contributed by atoms with Crippen molar-refractivity contribution in [1.82, 2.24) is 0 Å². The number of benzene rings is 3. The van der Waals surface area contributed by atoms with Crippen LogP contribution in [0.3, 0.4) is 0 Å². The molecule has 3 aromatic rings. The molecule has 0 amide bonds. The molecule has 5 heteroatoms. The van der Waals surface area contributed by atoms with E-state index in [-0.39, 0.29) is 27.0 Å². The fraction of sp³-hybridized carbons (Fsp3) is 0.208. The van der Waals surface area contributed by atoms with Gasteiger partial charge >= 0.3 is 179 Å². The first-order valence-electron chi connectivity index (χ1n) is 9.36. The number of halogens is 1. The zero-order valence-electron chi connectivity index (χ0n) is 15.8. The summed E-state index contributed by atoms with van der Waals surface area (Å²) in [5.41, 5.74) is 4.38. The van der Waals surface area contributed by atoms with Gasteiger partial charge in [0.05, 0.1) is 0 Å². The first-order valence-corrected chi connectivity index (χ1v) is 12.1. The normalized spacial score (nSPS) is 17.1. The van der Waals surface area contributed by atoms with Gasteiger partial charge < -0.3 is 0 Å². The molecule has 2 aliphatic heterocycles. The van der Waals surface area contributed by atoms with Crippen molar-refractivity contribution in [2.24, 2.45) is 0 Å². The maximum absolute atomic E-state index is 12.5. The molecule has 2 heterocycles. The predicted molar refractivity (Wildman–Crippen MR) is 107 cm³/mol. The molecule has 1 N–H and O–H groups in total. The molecular weight excluding hydrogens is 479 g/mol. The number of phenolic OH excluding ortho intramolecular Hbond substituents is 1. The van der Waals surface area contributed by atoms with E-state index in [1.165, 1.54) is 18.7 Å². The van der Waals surface area contributed by atoms with Crippen LogP contribution in [0.15, 0.2) is 42.5 Å². The Hall–Kier alpha value is -2.72.